The Morgan fingerprint density at radius 2 is 2.24 bits per heavy atom. The van der Waals surface area contributed by atoms with E-state index >= 15 is 0 Å². The van der Waals surface area contributed by atoms with E-state index < -0.39 is 17.9 Å². The monoisotopic (exact) mass is 312 g/mol. The maximum absolute atomic E-state index is 10.9. The van der Waals surface area contributed by atoms with E-state index in [2.05, 4.69) is 5.32 Å². The van der Waals surface area contributed by atoms with E-state index in [0.717, 1.165) is 5.56 Å². The lowest BCUT2D eigenvalue weighted by Gasteiger charge is -2.15. The fourth-order valence-corrected chi connectivity index (χ4v) is 3.15. The molecule has 1 fully saturated rings. The molecule has 1 aliphatic rings. The van der Waals surface area contributed by atoms with Crippen LogP contribution in [0.2, 0.25) is 0 Å². The molecule has 2 atom stereocenters. The highest BCUT2D eigenvalue weighted by Crippen LogP contribution is 2.37. The van der Waals surface area contributed by atoms with E-state index in [1.165, 1.54) is 18.9 Å². The van der Waals surface area contributed by atoms with Crippen molar-refractivity contribution in [3.63, 3.8) is 0 Å². The molecule has 0 aliphatic carbocycles. The van der Waals surface area contributed by atoms with Crippen molar-refractivity contribution in [2.75, 3.05) is 19.5 Å². The molecule has 2 unspecified atom stereocenters. The van der Waals surface area contributed by atoms with Crippen LogP contribution < -0.4 is 20.5 Å². The van der Waals surface area contributed by atoms with Crippen LogP contribution in [0, 0.1) is 0 Å². The van der Waals surface area contributed by atoms with Crippen LogP contribution in [0.4, 0.5) is 0 Å². The van der Waals surface area contributed by atoms with Gasteiger partial charge in [0.25, 0.3) is 5.91 Å². The number of carbonyl (C=O) groups excluding carboxylic acids is 1. The number of carboxylic acid groups (broad SMARTS) is 1. The highest BCUT2D eigenvalue weighted by Gasteiger charge is 2.30. The quantitative estimate of drug-likeness (QED) is 0.695. The number of hydrogen-bond donors (Lipinski definition) is 3. The van der Waals surface area contributed by atoms with Gasteiger partial charge in [-0.2, -0.15) is 0 Å². The maximum Gasteiger partial charge on any atom is 0.321 e. The van der Waals surface area contributed by atoms with Gasteiger partial charge in [-0.3, -0.25) is 14.9 Å². The number of nitrogens with one attached hydrogen (secondary N) is 1. The number of primary amides is 1. The predicted molar refractivity (Wildman–Crippen MR) is 77.4 cm³/mol. The van der Waals surface area contributed by atoms with E-state index in [-0.39, 0.29) is 12.0 Å². The van der Waals surface area contributed by atoms with Crippen LogP contribution >= 0.6 is 11.8 Å². The fraction of sp³-hybridized carbons (Fsp3) is 0.385. The van der Waals surface area contributed by atoms with E-state index in [9.17, 15) is 9.59 Å². The largest absolute Gasteiger partial charge is 0.493 e. The molecular weight excluding hydrogens is 296 g/mol. The zero-order valence-electron chi connectivity index (χ0n) is 11.4. The minimum atomic E-state index is -0.863. The number of carbonyl (C=O) groups is 2. The van der Waals surface area contributed by atoms with Crippen molar-refractivity contribution >= 4 is 23.6 Å². The van der Waals surface area contributed by atoms with Crippen LogP contribution in [0.1, 0.15) is 10.9 Å². The molecule has 21 heavy (non-hydrogen) atoms. The summed E-state index contributed by atoms with van der Waals surface area (Å²) in [5, 5.41) is 11.9. The molecule has 8 heteroatoms. The molecule has 0 aromatic heterocycles. The van der Waals surface area contributed by atoms with Gasteiger partial charge in [0.15, 0.2) is 18.1 Å². The second-order valence-electron chi connectivity index (χ2n) is 4.44. The molecule has 114 valence electrons. The first-order valence-electron chi connectivity index (χ1n) is 6.20. The summed E-state index contributed by atoms with van der Waals surface area (Å²) in [5.74, 6) is -0.0491. The number of amides is 1. The SMILES string of the molecule is COc1cc(C2NC(C(=O)O)CS2)ccc1OCC(N)=O. The average molecular weight is 312 g/mol. The molecule has 1 amide bonds. The second kappa shape index (κ2) is 6.68. The van der Waals surface area contributed by atoms with Gasteiger partial charge in [0.05, 0.1) is 12.5 Å². The number of benzene rings is 1. The number of hydrogen-bond acceptors (Lipinski definition) is 6. The Balaban J connectivity index is 2.12. The Morgan fingerprint density at radius 3 is 2.81 bits per heavy atom. The molecule has 2 rings (SSSR count). The van der Waals surface area contributed by atoms with Crippen molar-refractivity contribution in [1.29, 1.82) is 0 Å². The van der Waals surface area contributed by atoms with Gasteiger partial charge in [-0.05, 0) is 17.7 Å². The maximum atomic E-state index is 10.9. The molecule has 1 aliphatic heterocycles. The number of methoxy groups -OCH3 is 1. The summed E-state index contributed by atoms with van der Waals surface area (Å²) in [6.07, 6.45) is 0. The van der Waals surface area contributed by atoms with Crippen LogP contribution in [0.3, 0.4) is 0 Å². The zero-order valence-corrected chi connectivity index (χ0v) is 12.2. The molecule has 1 aromatic carbocycles. The van der Waals surface area contributed by atoms with Crippen LogP contribution in [-0.4, -0.2) is 42.5 Å². The number of nitrogens with two attached hydrogens (primary N) is 1. The highest BCUT2D eigenvalue weighted by atomic mass is 32.2. The van der Waals surface area contributed by atoms with E-state index in [1.54, 1.807) is 18.2 Å². The van der Waals surface area contributed by atoms with Crippen molar-refractivity contribution in [1.82, 2.24) is 5.32 Å². The molecule has 1 saturated heterocycles. The molecule has 0 radical (unpaired) electrons. The third kappa shape index (κ3) is 3.79. The molecule has 1 aromatic rings. The standard InChI is InChI=1S/C13H16N2O5S/c1-19-10-4-7(2-3-9(10)20-5-11(14)16)12-15-8(6-21-12)13(17)18/h2-4,8,12,15H,5-6H2,1H3,(H2,14,16)(H,17,18). The Bertz CT molecular complexity index is 551. The van der Waals surface area contributed by atoms with E-state index in [1.807, 2.05) is 0 Å². The fourth-order valence-electron chi connectivity index (χ4n) is 1.92. The number of carboxylic acids is 1. The number of ether oxygens (including phenoxy) is 2. The topological polar surface area (TPSA) is 111 Å². The van der Waals surface area contributed by atoms with Gasteiger partial charge in [0.2, 0.25) is 0 Å². The third-order valence-electron chi connectivity index (χ3n) is 2.94. The molecule has 0 saturated carbocycles. The summed E-state index contributed by atoms with van der Waals surface area (Å²) < 4.78 is 10.5. The van der Waals surface area contributed by atoms with Gasteiger partial charge in [0, 0.05) is 5.75 Å². The van der Waals surface area contributed by atoms with Crippen LogP contribution in [0.25, 0.3) is 0 Å². The summed E-state index contributed by atoms with van der Waals surface area (Å²) in [6, 6.07) is 4.67. The van der Waals surface area contributed by atoms with Gasteiger partial charge in [-0.15, -0.1) is 11.8 Å². The first kappa shape index (κ1) is 15.5. The Hall–Kier alpha value is -1.93. The first-order valence-corrected chi connectivity index (χ1v) is 7.25. The lowest BCUT2D eigenvalue weighted by molar-refractivity contribution is -0.138. The molecule has 0 bridgehead atoms. The lowest BCUT2D eigenvalue weighted by atomic mass is 10.2. The second-order valence-corrected chi connectivity index (χ2v) is 5.57. The van der Waals surface area contributed by atoms with Gasteiger partial charge in [-0.25, -0.2) is 0 Å². The Kier molecular flexibility index (Phi) is 4.92. The molecule has 4 N–H and O–H groups in total. The minimum absolute atomic E-state index is 0.120. The van der Waals surface area contributed by atoms with Gasteiger partial charge >= 0.3 is 5.97 Å². The van der Waals surface area contributed by atoms with Crippen LogP contribution in [-0.2, 0) is 9.59 Å². The summed E-state index contributed by atoms with van der Waals surface area (Å²) in [6.45, 7) is -0.229. The number of aliphatic carboxylic acids is 1. The van der Waals surface area contributed by atoms with Crippen molar-refractivity contribution < 1.29 is 24.2 Å². The predicted octanol–water partition coefficient (Wildman–Crippen LogP) is 0.347. The van der Waals surface area contributed by atoms with Crippen molar-refractivity contribution in [3.05, 3.63) is 23.8 Å². The smallest absolute Gasteiger partial charge is 0.321 e. The Labute approximate surface area is 125 Å². The zero-order chi connectivity index (χ0) is 15.4. The van der Waals surface area contributed by atoms with Crippen molar-refractivity contribution in [2.24, 2.45) is 5.73 Å². The molecular formula is C13H16N2O5S. The van der Waals surface area contributed by atoms with Crippen LogP contribution in [0.15, 0.2) is 18.2 Å². The van der Waals surface area contributed by atoms with Crippen molar-refractivity contribution in [2.45, 2.75) is 11.4 Å². The molecule has 1 heterocycles. The Morgan fingerprint density at radius 1 is 1.48 bits per heavy atom. The van der Waals surface area contributed by atoms with Gasteiger partial charge in [-0.1, -0.05) is 6.07 Å². The summed E-state index contributed by atoms with van der Waals surface area (Å²) >= 11 is 1.51. The van der Waals surface area contributed by atoms with E-state index in [4.69, 9.17) is 20.3 Å². The summed E-state index contributed by atoms with van der Waals surface area (Å²) in [5.41, 5.74) is 5.91. The van der Waals surface area contributed by atoms with Gasteiger partial charge < -0.3 is 20.3 Å². The first-order chi connectivity index (χ1) is 10.0. The summed E-state index contributed by atoms with van der Waals surface area (Å²) in [7, 11) is 1.49. The summed E-state index contributed by atoms with van der Waals surface area (Å²) in [4.78, 5) is 21.7. The molecule has 7 nitrogen and oxygen atoms in total. The normalized spacial score (nSPS) is 21.0. The lowest BCUT2D eigenvalue weighted by Crippen LogP contribution is -2.33. The minimum Gasteiger partial charge on any atom is -0.493 e. The van der Waals surface area contributed by atoms with E-state index in [0.29, 0.717) is 17.3 Å². The number of rotatable bonds is 6. The molecule has 0 spiro atoms. The van der Waals surface area contributed by atoms with Crippen LogP contribution in [0.5, 0.6) is 11.5 Å². The highest BCUT2D eigenvalue weighted by molar-refractivity contribution is 7.99. The third-order valence-corrected chi connectivity index (χ3v) is 4.21. The number of thioether (sulfide) groups is 1. The van der Waals surface area contributed by atoms with Crippen molar-refractivity contribution in [3.8, 4) is 11.5 Å². The van der Waals surface area contributed by atoms with Gasteiger partial charge in [0.1, 0.15) is 6.04 Å². The average Bonchev–Trinajstić information content (AvgIpc) is 2.94.